The predicted molar refractivity (Wildman–Crippen MR) is 94.5 cm³/mol. The fourth-order valence-corrected chi connectivity index (χ4v) is 1.96. The third-order valence-corrected chi connectivity index (χ3v) is 3.61. The lowest BCUT2D eigenvalue weighted by atomic mass is 10.1. The van der Waals surface area contributed by atoms with E-state index in [-0.39, 0.29) is 24.4 Å². The molecule has 0 radical (unpaired) electrons. The number of carbonyl (C=O) groups excluding carboxylic acids is 2. The molecular weight excluding hydrogens is 306 g/mol. The summed E-state index contributed by atoms with van der Waals surface area (Å²) in [5.41, 5.74) is 2.12. The van der Waals surface area contributed by atoms with Crippen molar-refractivity contribution in [1.82, 2.24) is 16.0 Å². The summed E-state index contributed by atoms with van der Waals surface area (Å²) in [6.07, 6.45) is 1.17. The highest BCUT2D eigenvalue weighted by molar-refractivity contribution is 5.78. The number of ether oxygens (including phenoxy) is 1. The minimum Gasteiger partial charge on any atom is -0.377 e. The molecule has 0 aliphatic heterocycles. The maximum Gasteiger partial charge on any atom is 0.315 e. The van der Waals surface area contributed by atoms with Crippen LogP contribution >= 0.6 is 0 Å². The summed E-state index contributed by atoms with van der Waals surface area (Å²) >= 11 is 0. The largest absolute Gasteiger partial charge is 0.377 e. The van der Waals surface area contributed by atoms with Crippen LogP contribution in [-0.4, -0.2) is 31.1 Å². The van der Waals surface area contributed by atoms with Crippen molar-refractivity contribution >= 4 is 11.9 Å². The Hall–Kier alpha value is -2.08. The van der Waals surface area contributed by atoms with Gasteiger partial charge in [0.1, 0.15) is 0 Å². The Labute approximate surface area is 144 Å². The van der Waals surface area contributed by atoms with Gasteiger partial charge in [-0.1, -0.05) is 31.2 Å². The number of carbonyl (C=O) groups is 2. The summed E-state index contributed by atoms with van der Waals surface area (Å²) in [6.45, 7) is 7.99. The van der Waals surface area contributed by atoms with E-state index in [1.807, 2.05) is 45.0 Å². The van der Waals surface area contributed by atoms with Gasteiger partial charge < -0.3 is 20.7 Å². The Balaban J connectivity index is 2.20. The monoisotopic (exact) mass is 335 g/mol. The number of amides is 3. The molecule has 6 heteroatoms. The molecule has 0 aliphatic rings. The van der Waals surface area contributed by atoms with Crippen LogP contribution in [-0.2, 0) is 22.7 Å². The van der Waals surface area contributed by atoms with Crippen molar-refractivity contribution in [1.29, 1.82) is 0 Å². The maximum atomic E-state index is 11.7. The maximum absolute atomic E-state index is 11.7. The van der Waals surface area contributed by atoms with Gasteiger partial charge in [0, 0.05) is 32.2 Å². The molecule has 0 saturated heterocycles. The molecule has 1 aromatic rings. The highest BCUT2D eigenvalue weighted by Crippen LogP contribution is 2.05. The predicted octanol–water partition coefficient (Wildman–Crippen LogP) is 2.33. The first-order chi connectivity index (χ1) is 11.5. The van der Waals surface area contributed by atoms with Crippen molar-refractivity contribution in [2.45, 2.75) is 52.8 Å². The van der Waals surface area contributed by atoms with Crippen molar-refractivity contribution in [3.05, 3.63) is 35.4 Å². The van der Waals surface area contributed by atoms with Crippen LogP contribution in [0.5, 0.6) is 0 Å². The summed E-state index contributed by atoms with van der Waals surface area (Å²) in [5, 5.41) is 8.32. The Morgan fingerprint density at radius 3 is 2.38 bits per heavy atom. The molecular formula is C18H29N3O3. The van der Waals surface area contributed by atoms with E-state index in [4.69, 9.17) is 4.74 Å². The Morgan fingerprint density at radius 2 is 1.75 bits per heavy atom. The molecule has 1 rings (SSSR count). The molecule has 134 valence electrons. The van der Waals surface area contributed by atoms with Gasteiger partial charge in [-0.3, -0.25) is 4.79 Å². The minimum absolute atomic E-state index is 0.0467. The number of benzene rings is 1. The fourth-order valence-electron chi connectivity index (χ4n) is 1.96. The lowest BCUT2D eigenvalue weighted by Crippen LogP contribution is -2.38. The van der Waals surface area contributed by atoms with Crippen molar-refractivity contribution in [2.75, 3.05) is 13.2 Å². The van der Waals surface area contributed by atoms with Crippen LogP contribution < -0.4 is 16.0 Å². The molecule has 0 heterocycles. The number of urea groups is 1. The van der Waals surface area contributed by atoms with Crippen LogP contribution in [0.15, 0.2) is 24.3 Å². The van der Waals surface area contributed by atoms with E-state index >= 15 is 0 Å². The van der Waals surface area contributed by atoms with Gasteiger partial charge in [-0.05, 0) is 31.4 Å². The lowest BCUT2D eigenvalue weighted by molar-refractivity contribution is -0.121. The first-order valence-electron chi connectivity index (χ1n) is 8.51. The van der Waals surface area contributed by atoms with Gasteiger partial charge in [-0.2, -0.15) is 0 Å². The number of hydrogen-bond donors (Lipinski definition) is 3. The molecule has 3 N–H and O–H groups in total. The number of nitrogens with one attached hydrogen (secondary N) is 3. The zero-order valence-corrected chi connectivity index (χ0v) is 14.9. The molecule has 0 spiro atoms. The van der Waals surface area contributed by atoms with E-state index in [1.165, 1.54) is 0 Å². The second-order valence-corrected chi connectivity index (χ2v) is 5.69. The lowest BCUT2D eigenvalue weighted by Gasteiger charge is -2.12. The molecule has 0 saturated carbocycles. The van der Waals surface area contributed by atoms with Crippen molar-refractivity contribution in [3.8, 4) is 0 Å². The Bertz CT molecular complexity index is 503. The van der Waals surface area contributed by atoms with Crippen LogP contribution in [0, 0.1) is 0 Å². The van der Waals surface area contributed by atoms with Gasteiger partial charge in [-0.25, -0.2) is 4.79 Å². The third kappa shape index (κ3) is 8.53. The quantitative estimate of drug-likeness (QED) is 0.614. The average Bonchev–Trinajstić information content (AvgIpc) is 2.58. The van der Waals surface area contributed by atoms with Crippen LogP contribution in [0.25, 0.3) is 0 Å². The Kier molecular flexibility index (Phi) is 9.53. The van der Waals surface area contributed by atoms with Crippen LogP contribution in [0.3, 0.4) is 0 Å². The normalized spacial score (nSPS) is 11.6. The number of rotatable bonds is 10. The van der Waals surface area contributed by atoms with E-state index in [0.29, 0.717) is 26.3 Å². The minimum atomic E-state index is -0.273. The zero-order chi connectivity index (χ0) is 17.8. The topological polar surface area (TPSA) is 79.5 Å². The zero-order valence-electron chi connectivity index (χ0n) is 14.9. The van der Waals surface area contributed by atoms with Gasteiger partial charge in [-0.15, -0.1) is 0 Å². The van der Waals surface area contributed by atoms with E-state index in [1.54, 1.807) is 0 Å². The van der Waals surface area contributed by atoms with Gasteiger partial charge in [0.05, 0.1) is 6.61 Å². The smallest absolute Gasteiger partial charge is 0.315 e. The van der Waals surface area contributed by atoms with Gasteiger partial charge in [0.2, 0.25) is 5.91 Å². The second-order valence-electron chi connectivity index (χ2n) is 5.69. The molecule has 0 bridgehead atoms. The Morgan fingerprint density at radius 1 is 1.08 bits per heavy atom. The summed E-state index contributed by atoms with van der Waals surface area (Å²) in [7, 11) is 0. The molecule has 0 aromatic heterocycles. The van der Waals surface area contributed by atoms with Crippen LogP contribution in [0.2, 0.25) is 0 Å². The third-order valence-electron chi connectivity index (χ3n) is 3.61. The van der Waals surface area contributed by atoms with E-state index in [0.717, 1.165) is 17.5 Å². The molecule has 24 heavy (non-hydrogen) atoms. The van der Waals surface area contributed by atoms with Gasteiger partial charge >= 0.3 is 6.03 Å². The van der Waals surface area contributed by atoms with E-state index < -0.39 is 0 Å². The standard InChI is InChI=1S/C18H29N3O3/c1-4-14(3)21-17(22)10-11-19-18(23)20-12-15-6-8-16(9-7-15)13-24-5-2/h6-9,14H,4-5,10-13H2,1-3H3,(H,21,22)(H2,19,20,23). The molecule has 3 amide bonds. The molecule has 6 nitrogen and oxygen atoms in total. The summed E-state index contributed by atoms with van der Waals surface area (Å²) in [4.78, 5) is 23.3. The van der Waals surface area contributed by atoms with Gasteiger partial charge in [0.25, 0.3) is 0 Å². The number of hydrogen-bond acceptors (Lipinski definition) is 3. The highest BCUT2D eigenvalue weighted by Gasteiger charge is 2.06. The first-order valence-corrected chi connectivity index (χ1v) is 8.51. The molecule has 1 unspecified atom stereocenters. The average molecular weight is 335 g/mol. The summed E-state index contributed by atoms with van der Waals surface area (Å²) < 4.78 is 5.34. The van der Waals surface area contributed by atoms with Crippen molar-refractivity contribution in [2.24, 2.45) is 0 Å². The first kappa shape index (κ1) is 20.0. The molecule has 1 aromatic carbocycles. The summed E-state index contributed by atoms with van der Waals surface area (Å²) in [6, 6.07) is 7.80. The molecule has 0 aliphatic carbocycles. The van der Waals surface area contributed by atoms with Crippen LogP contribution in [0.1, 0.15) is 44.7 Å². The molecule has 1 atom stereocenters. The SMILES string of the molecule is CCOCc1ccc(CNC(=O)NCCC(=O)NC(C)CC)cc1. The van der Waals surface area contributed by atoms with E-state index in [2.05, 4.69) is 16.0 Å². The van der Waals surface area contributed by atoms with E-state index in [9.17, 15) is 9.59 Å². The van der Waals surface area contributed by atoms with Crippen LogP contribution in [0.4, 0.5) is 4.79 Å². The summed E-state index contributed by atoms with van der Waals surface area (Å²) in [5.74, 6) is -0.0467. The fraction of sp³-hybridized carbons (Fsp3) is 0.556. The molecule has 0 fully saturated rings. The van der Waals surface area contributed by atoms with Gasteiger partial charge in [0.15, 0.2) is 0 Å². The second kappa shape index (κ2) is 11.5. The van der Waals surface area contributed by atoms with Crippen molar-refractivity contribution < 1.29 is 14.3 Å². The highest BCUT2D eigenvalue weighted by atomic mass is 16.5. The van der Waals surface area contributed by atoms with Crippen molar-refractivity contribution in [3.63, 3.8) is 0 Å².